The van der Waals surface area contributed by atoms with E-state index in [0.717, 1.165) is 0 Å². The molecule has 1 aliphatic carbocycles. The molecule has 0 aromatic rings. The van der Waals surface area contributed by atoms with E-state index in [1.807, 2.05) is 0 Å². The summed E-state index contributed by atoms with van der Waals surface area (Å²) in [5, 5.41) is 2.69. The van der Waals surface area contributed by atoms with Gasteiger partial charge in [0.2, 0.25) is 0 Å². The lowest BCUT2D eigenvalue weighted by molar-refractivity contribution is -0.166. The lowest BCUT2D eigenvalue weighted by Gasteiger charge is -2.39. The first-order valence-electron chi connectivity index (χ1n) is 8.17. The summed E-state index contributed by atoms with van der Waals surface area (Å²) in [5.41, 5.74) is -0.452. The van der Waals surface area contributed by atoms with Gasteiger partial charge in [0.25, 0.3) is 0 Å². The minimum atomic E-state index is -0.872. The van der Waals surface area contributed by atoms with Gasteiger partial charge in [0, 0.05) is 11.2 Å². The van der Waals surface area contributed by atoms with Crippen LogP contribution >= 0.6 is 15.9 Å². The van der Waals surface area contributed by atoms with E-state index in [4.69, 9.17) is 9.47 Å². The zero-order valence-corrected chi connectivity index (χ0v) is 16.6. The van der Waals surface area contributed by atoms with Crippen LogP contribution in [0.3, 0.4) is 0 Å². The lowest BCUT2D eigenvalue weighted by Crippen LogP contribution is -2.53. The second-order valence-electron chi connectivity index (χ2n) is 7.16. The second kappa shape index (κ2) is 7.77. The van der Waals surface area contributed by atoms with Crippen molar-refractivity contribution in [1.82, 2.24) is 5.32 Å². The number of methoxy groups -OCH3 is 1. The Kier molecular flexibility index (Phi) is 6.10. The minimum Gasteiger partial charge on any atom is -0.466 e. The molecule has 8 nitrogen and oxygen atoms in total. The number of amides is 1. The predicted octanol–water partition coefficient (Wildman–Crippen LogP) is 1.50. The Hall–Kier alpha value is -1.90. The number of alkyl halides is 1. The predicted molar refractivity (Wildman–Crippen MR) is 93.5 cm³/mol. The van der Waals surface area contributed by atoms with Crippen molar-refractivity contribution < 1.29 is 33.4 Å². The number of carbonyl (C=O) groups is 4. The molecule has 0 radical (unpaired) electrons. The number of esters is 2. The van der Waals surface area contributed by atoms with Crippen LogP contribution in [0.15, 0.2) is 11.6 Å². The van der Waals surface area contributed by atoms with Crippen LogP contribution in [0.5, 0.6) is 0 Å². The van der Waals surface area contributed by atoms with Gasteiger partial charge in [-0.15, -0.1) is 0 Å². The molecule has 9 heteroatoms. The molecule has 3 rings (SSSR count). The van der Waals surface area contributed by atoms with Crippen LogP contribution in [0.25, 0.3) is 0 Å². The Morgan fingerprint density at radius 2 is 2.04 bits per heavy atom. The Balaban J connectivity index is 2.13. The molecule has 2 bridgehead atoms. The van der Waals surface area contributed by atoms with Crippen LogP contribution in [0, 0.1) is 11.8 Å². The highest BCUT2D eigenvalue weighted by Crippen LogP contribution is 2.39. The summed E-state index contributed by atoms with van der Waals surface area (Å²) in [6, 6.07) is -0.864. The molecule has 0 aromatic heterocycles. The third-order valence-corrected chi connectivity index (χ3v) is 4.76. The normalized spacial score (nSPS) is 25.7. The maximum absolute atomic E-state index is 12.9. The molecule has 1 N–H and O–H groups in total. The van der Waals surface area contributed by atoms with E-state index in [9.17, 15) is 19.2 Å². The molecular formula is C17H22BrNO7. The molecule has 0 aromatic carbocycles. The van der Waals surface area contributed by atoms with Crippen LogP contribution in [0.4, 0.5) is 4.79 Å². The monoisotopic (exact) mass is 431 g/mol. The van der Waals surface area contributed by atoms with Crippen molar-refractivity contribution in [3.05, 3.63) is 11.6 Å². The first kappa shape index (κ1) is 20.4. The average molecular weight is 432 g/mol. The quantitative estimate of drug-likeness (QED) is 0.399. The van der Waals surface area contributed by atoms with Crippen molar-refractivity contribution in [2.45, 2.75) is 44.9 Å². The van der Waals surface area contributed by atoms with Crippen molar-refractivity contribution in [3.63, 3.8) is 0 Å². The molecule has 1 fully saturated rings. The molecule has 2 aliphatic heterocycles. The molecule has 26 heavy (non-hydrogen) atoms. The summed E-state index contributed by atoms with van der Waals surface area (Å²) in [4.78, 5) is 48.6. The summed E-state index contributed by atoms with van der Waals surface area (Å²) in [5.74, 6) is -3.02. The fourth-order valence-corrected chi connectivity index (χ4v) is 3.47. The highest BCUT2D eigenvalue weighted by molar-refractivity contribution is 9.09. The third kappa shape index (κ3) is 4.44. The summed E-state index contributed by atoms with van der Waals surface area (Å²) in [6.45, 7) is 5.15. The number of hydrogen-bond donors (Lipinski definition) is 1. The van der Waals surface area contributed by atoms with Crippen LogP contribution in [-0.2, 0) is 28.6 Å². The molecule has 3 unspecified atom stereocenters. The van der Waals surface area contributed by atoms with Gasteiger partial charge in [0.05, 0.1) is 18.6 Å². The Bertz CT molecular complexity index is 652. The summed E-state index contributed by atoms with van der Waals surface area (Å²) >= 11 is 3.21. The fraction of sp³-hybridized carbons (Fsp3) is 0.647. The number of ether oxygens (including phenoxy) is 3. The molecule has 1 saturated heterocycles. The van der Waals surface area contributed by atoms with Gasteiger partial charge < -0.3 is 19.5 Å². The van der Waals surface area contributed by atoms with Gasteiger partial charge in [-0.1, -0.05) is 22.0 Å². The van der Waals surface area contributed by atoms with Crippen molar-refractivity contribution in [2.75, 3.05) is 12.4 Å². The largest absolute Gasteiger partial charge is 0.466 e. The van der Waals surface area contributed by atoms with Crippen LogP contribution in [-0.4, -0.2) is 54.0 Å². The highest BCUT2D eigenvalue weighted by atomic mass is 79.9. The van der Waals surface area contributed by atoms with Gasteiger partial charge in [-0.2, -0.15) is 0 Å². The van der Waals surface area contributed by atoms with E-state index < -0.39 is 47.6 Å². The second-order valence-corrected chi connectivity index (χ2v) is 7.81. The number of carbonyl (C=O) groups excluding carboxylic acids is 4. The number of Topliss-reactive ketones (excluding diaryl/α,β-unsaturated/α-hetero) is 1. The Labute approximate surface area is 159 Å². The number of halogens is 1. The maximum Gasteiger partial charge on any atom is 0.408 e. The summed E-state index contributed by atoms with van der Waals surface area (Å²) in [6.07, 6.45) is 0.0825. The van der Waals surface area contributed by atoms with Gasteiger partial charge in [-0.3, -0.25) is 9.59 Å². The number of alkyl carbamates (subject to hydrolysis) is 1. The zero-order valence-electron chi connectivity index (χ0n) is 15.0. The molecule has 0 saturated carbocycles. The molecule has 1 amide bonds. The van der Waals surface area contributed by atoms with Crippen molar-refractivity contribution in [3.8, 4) is 0 Å². The topological polar surface area (TPSA) is 108 Å². The van der Waals surface area contributed by atoms with Crippen molar-refractivity contribution in [1.29, 1.82) is 0 Å². The smallest absolute Gasteiger partial charge is 0.408 e. The highest BCUT2D eigenvalue weighted by Gasteiger charge is 2.49. The van der Waals surface area contributed by atoms with Crippen LogP contribution < -0.4 is 5.32 Å². The number of nitrogens with one attached hydrogen (secondary N) is 1. The van der Waals surface area contributed by atoms with Crippen LogP contribution in [0.1, 0.15) is 27.2 Å². The fourth-order valence-electron chi connectivity index (χ4n) is 2.99. The summed E-state index contributed by atoms with van der Waals surface area (Å²) in [7, 11) is 1.24. The number of hydrogen-bond acceptors (Lipinski definition) is 7. The van der Waals surface area contributed by atoms with E-state index >= 15 is 0 Å². The van der Waals surface area contributed by atoms with Gasteiger partial charge in [0.15, 0.2) is 5.78 Å². The van der Waals surface area contributed by atoms with E-state index in [0.29, 0.717) is 0 Å². The third-order valence-electron chi connectivity index (χ3n) is 4.11. The molecule has 2 heterocycles. The Morgan fingerprint density at radius 3 is 2.54 bits per heavy atom. The van der Waals surface area contributed by atoms with Gasteiger partial charge in [-0.25, -0.2) is 9.59 Å². The van der Waals surface area contributed by atoms with E-state index in [-0.39, 0.29) is 23.1 Å². The van der Waals surface area contributed by atoms with Gasteiger partial charge in [-0.05, 0) is 27.2 Å². The molecule has 144 valence electrons. The maximum atomic E-state index is 12.9. The first-order chi connectivity index (χ1) is 12.1. The number of rotatable bonds is 5. The zero-order chi connectivity index (χ0) is 19.6. The van der Waals surface area contributed by atoms with Crippen molar-refractivity contribution in [2.24, 2.45) is 11.8 Å². The Morgan fingerprint density at radius 1 is 1.38 bits per heavy atom. The van der Waals surface area contributed by atoms with E-state index in [1.165, 1.54) is 13.2 Å². The number of fused-ring (bicyclic) bond motifs is 2. The van der Waals surface area contributed by atoms with Gasteiger partial charge in [0.1, 0.15) is 17.7 Å². The molecule has 0 spiro atoms. The lowest BCUT2D eigenvalue weighted by atomic mass is 9.73. The van der Waals surface area contributed by atoms with E-state index in [1.54, 1.807) is 20.8 Å². The van der Waals surface area contributed by atoms with Crippen LogP contribution in [0.2, 0.25) is 0 Å². The SMILES string of the molecule is COC(=O)C1=CC2C(=O)OC1CC2C(=O)[C@@H](CBr)NC(=O)OC(C)(C)C. The standard InChI is InChI=1S/C17H22BrNO7/c1-17(2,3)26-16(23)19-11(7-18)13(20)8-6-12-10(14(21)24-4)5-9(8)15(22)25-12/h5,8-9,11-12H,6-7H2,1-4H3,(H,19,23)/t8?,9?,11-,12?/m1/s1. The molecule has 3 aliphatic rings. The summed E-state index contributed by atoms with van der Waals surface area (Å²) < 4.78 is 15.0. The van der Waals surface area contributed by atoms with Crippen molar-refractivity contribution >= 4 is 39.7 Å². The number of ketones is 1. The van der Waals surface area contributed by atoms with E-state index in [2.05, 4.69) is 26.0 Å². The molecular weight excluding hydrogens is 410 g/mol. The average Bonchev–Trinajstić information content (AvgIpc) is 2.56. The molecule has 4 atom stereocenters. The minimum absolute atomic E-state index is 0.168. The van der Waals surface area contributed by atoms with Gasteiger partial charge >= 0.3 is 18.0 Å². The first-order valence-corrected chi connectivity index (χ1v) is 9.29.